The third kappa shape index (κ3) is 7.61. The molecule has 154 valence electrons. The number of hydrogen-bond acceptors (Lipinski definition) is 5. The Hall–Kier alpha value is -3.42. The summed E-state index contributed by atoms with van der Waals surface area (Å²) in [6.45, 7) is 3.01. The van der Waals surface area contributed by atoms with E-state index in [0.717, 1.165) is 19.3 Å². The van der Waals surface area contributed by atoms with Gasteiger partial charge >= 0.3 is 0 Å². The maximum atomic E-state index is 12.2. The van der Waals surface area contributed by atoms with Gasteiger partial charge in [-0.15, -0.1) is 5.11 Å². The number of amides is 2. The van der Waals surface area contributed by atoms with E-state index in [1.165, 1.54) is 0 Å². The standard InChI is InChI=1S/C21H27N5O3/c1-2-29-17-10-8-9-16(15-17)21(28)23-14-7-3-4-13-20(27)24-18-11-5-6-12-19(18)25-26-22/h5-6,8-12,15H,2-4,7,13-14H2,1H3,(H2,22,25)(H,23,28)(H,24,27). The molecule has 0 saturated heterocycles. The van der Waals surface area contributed by atoms with Gasteiger partial charge in [-0.3, -0.25) is 9.59 Å². The average Bonchev–Trinajstić information content (AvgIpc) is 2.72. The topological polar surface area (TPSA) is 118 Å². The zero-order valence-electron chi connectivity index (χ0n) is 16.6. The predicted molar refractivity (Wildman–Crippen MR) is 112 cm³/mol. The Morgan fingerprint density at radius 1 is 1.07 bits per heavy atom. The van der Waals surface area contributed by atoms with Crippen LogP contribution in [-0.2, 0) is 4.79 Å². The van der Waals surface area contributed by atoms with Crippen LogP contribution in [0.2, 0.25) is 0 Å². The van der Waals surface area contributed by atoms with Crippen LogP contribution in [0.4, 0.5) is 11.4 Å². The number of ether oxygens (including phenoxy) is 1. The number of carbonyl (C=O) groups excluding carboxylic acids is 2. The van der Waals surface area contributed by atoms with Gasteiger partial charge in [0.2, 0.25) is 5.91 Å². The van der Waals surface area contributed by atoms with Crippen LogP contribution < -0.4 is 21.2 Å². The molecule has 8 heteroatoms. The Kier molecular flexibility index (Phi) is 9.14. The Morgan fingerprint density at radius 3 is 2.69 bits per heavy atom. The summed E-state index contributed by atoms with van der Waals surface area (Å²) in [5.41, 5.74) is 1.66. The van der Waals surface area contributed by atoms with Crippen LogP contribution in [0.15, 0.2) is 58.9 Å². The molecule has 29 heavy (non-hydrogen) atoms. The molecule has 0 spiro atoms. The summed E-state index contributed by atoms with van der Waals surface area (Å²) in [5, 5.41) is 12.7. The van der Waals surface area contributed by atoms with Gasteiger partial charge in [0.15, 0.2) is 0 Å². The van der Waals surface area contributed by atoms with Gasteiger partial charge in [-0.1, -0.05) is 29.8 Å². The Bertz CT molecular complexity index is 839. The summed E-state index contributed by atoms with van der Waals surface area (Å²) in [7, 11) is 0. The Balaban J connectivity index is 1.65. The molecule has 0 aromatic heterocycles. The van der Waals surface area contributed by atoms with Gasteiger partial charge in [0.1, 0.15) is 11.4 Å². The summed E-state index contributed by atoms with van der Waals surface area (Å²) in [6, 6.07) is 14.2. The van der Waals surface area contributed by atoms with E-state index in [2.05, 4.69) is 21.0 Å². The molecule has 8 nitrogen and oxygen atoms in total. The van der Waals surface area contributed by atoms with Crippen molar-refractivity contribution in [2.75, 3.05) is 18.5 Å². The van der Waals surface area contributed by atoms with Gasteiger partial charge in [0.25, 0.3) is 5.91 Å². The molecule has 2 rings (SSSR count). The molecule has 4 N–H and O–H groups in total. The second-order valence-electron chi connectivity index (χ2n) is 6.31. The number of hydrogen-bond donors (Lipinski definition) is 3. The highest BCUT2D eigenvalue weighted by atomic mass is 16.5. The first-order chi connectivity index (χ1) is 14.1. The molecule has 2 amide bonds. The quantitative estimate of drug-likeness (QED) is 0.230. The molecule has 2 aromatic carbocycles. The second-order valence-corrected chi connectivity index (χ2v) is 6.31. The van der Waals surface area contributed by atoms with Crippen molar-refractivity contribution in [1.29, 1.82) is 0 Å². The van der Waals surface area contributed by atoms with Gasteiger partial charge in [-0.2, -0.15) is 0 Å². The lowest BCUT2D eigenvalue weighted by atomic mass is 10.1. The maximum Gasteiger partial charge on any atom is 0.251 e. The number of unbranched alkanes of at least 4 members (excludes halogenated alkanes) is 2. The Morgan fingerprint density at radius 2 is 1.90 bits per heavy atom. The molecule has 0 bridgehead atoms. The summed E-state index contributed by atoms with van der Waals surface area (Å²) in [5.74, 6) is 5.53. The monoisotopic (exact) mass is 397 g/mol. The number of rotatable bonds is 11. The SMILES string of the molecule is CCOc1cccc(C(=O)NCCCCCC(=O)Nc2ccccc2N=NN)c1. The minimum atomic E-state index is -0.130. The highest BCUT2D eigenvalue weighted by Crippen LogP contribution is 2.24. The number of nitrogens with zero attached hydrogens (tertiary/aromatic N) is 2. The van der Waals surface area contributed by atoms with E-state index >= 15 is 0 Å². The zero-order valence-corrected chi connectivity index (χ0v) is 16.6. The third-order valence-electron chi connectivity index (χ3n) is 4.12. The molecule has 0 radical (unpaired) electrons. The van der Waals surface area contributed by atoms with Gasteiger partial charge in [-0.25, -0.2) is 0 Å². The van der Waals surface area contributed by atoms with E-state index in [4.69, 9.17) is 10.6 Å². The Labute approximate surface area is 170 Å². The minimum absolute atomic E-state index is 0.0959. The fourth-order valence-electron chi connectivity index (χ4n) is 2.73. The van der Waals surface area contributed by atoms with Crippen LogP contribution in [0, 0.1) is 0 Å². The van der Waals surface area contributed by atoms with Crippen LogP contribution in [0.25, 0.3) is 0 Å². The van der Waals surface area contributed by atoms with Crippen LogP contribution >= 0.6 is 0 Å². The lowest BCUT2D eigenvalue weighted by Gasteiger charge is -2.08. The number of anilines is 1. The van der Waals surface area contributed by atoms with Gasteiger partial charge < -0.3 is 21.2 Å². The van der Waals surface area contributed by atoms with E-state index in [1.807, 2.05) is 13.0 Å². The van der Waals surface area contributed by atoms with Crippen LogP contribution in [-0.4, -0.2) is 25.0 Å². The summed E-state index contributed by atoms with van der Waals surface area (Å²) < 4.78 is 5.40. The van der Waals surface area contributed by atoms with E-state index in [9.17, 15) is 9.59 Å². The van der Waals surface area contributed by atoms with E-state index in [0.29, 0.717) is 42.3 Å². The van der Waals surface area contributed by atoms with Crippen molar-refractivity contribution in [1.82, 2.24) is 5.32 Å². The molecule has 0 atom stereocenters. The highest BCUT2D eigenvalue weighted by Gasteiger charge is 2.08. The van der Waals surface area contributed by atoms with Crippen molar-refractivity contribution in [3.05, 3.63) is 54.1 Å². The lowest BCUT2D eigenvalue weighted by Crippen LogP contribution is -2.24. The second kappa shape index (κ2) is 12.1. The minimum Gasteiger partial charge on any atom is -0.494 e. The number of nitrogens with two attached hydrogens (primary N) is 1. The first kappa shape index (κ1) is 21.9. The number of para-hydroxylation sites is 1. The molecule has 0 saturated carbocycles. The van der Waals surface area contributed by atoms with Gasteiger partial charge in [-0.05, 0) is 50.1 Å². The van der Waals surface area contributed by atoms with Crippen molar-refractivity contribution in [2.45, 2.75) is 32.6 Å². The highest BCUT2D eigenvalue weighted by molar-refractivity contribution is 5.94. The van der Waals surface area contributed by atoms with Crippen molar-refractivity contribution in [3.63, 3.8) is 0 Å². The van der Waals surface area contributed by atoms with Gasteiger partial charge in [0.05, 0.1) is 12.3 Å². The summed E-state index contributed by atoms with van der Waals surface area (Å²) in [6.07, 6.45) is 2.74. The smallest absolute Gasteiger partial charge is 0.251 e. The molecule has 0 fully saturated rings. The third-order valence-corrected chi connectivity index (χ3v) is 4.12. The van der Waals surface area contributed by atoms with E-state index < -0.39 is 0 Å². The fourth-order valence-corrected chi connectivity index (χ4v) is 2.73. The van der Waals surface area contributed by atoms with Crippen molar-refractivity contribution >= 4 is 23.2 Å². The molecule has 2 aromatic rings. The lowest BCUT2D eigenvalue weighted by molar-refractivity contribution is -0.116. The van der Waals surface area contributed by atoms with Gasteiger partial charge in [0, 0.05) is 18.5 Å². The molecular formula is C21H27N5O3. The summed E-state index contributed by atoms with van der Waals surface area (Å²) >= 11 is 0. The molecule has 0 aliphatic heterocycles. The van der Waals surface area contributed by atoms with Crippen molar-refractivity contribution in [3.8, 4) is 5.75 Å². The first-order valence-corrected chi connectivity index (χ1v) is 9.65. The molecule has 0 aliphatic carbocycles. The number of carbonyl (C=O) groups is 2. The molecular weight excluding hydrogens is 370 g/mol. The number of nitrogens with one attached hydrogen (secondary N) is 2. The van der Waals surface area contributed by atoms with E-state index in [1.54, 1.807) is 42.5 Å². The van der Waals surface area contributed by atoms with Crippen LogP contribution in [0.5, 0.6) is 5.75 Å². The van der Waals surface area contributed by atoms with Crippen LogP contribution in [0.3, 0.4) is 0 Å². The van der Waals surface area contributed by atoms with E-state index in [-0.39, 0.29) is 11.8 Å². The fraction of sp³-hybridized carbons (Fsp3) is 0.333. The zero-order chi connectivity index (χ0) is 20.9. The van der Waals surface area contributed by atoms with Crippen molar-refractivity contribution in [2.24, 2.45) is 16.2 Å². The van der Waals surface area contributed by atoms with Crippen LogP contribution in [0.1, 0.15) is 43.0 Å². The summed E-state index contributed by atoms with van der Waals surface area (Å²) in [4.78, 5) is 24.3. The predicted octanol–water partition coefficient (Wildman–Crippen LogP) is 3.97. The first-order valence-electron chi connectivity index (χ1n) is 9.65. The molecule has 0 heterocycles. The molecule has 0 aliphatic rings. The average molecular weight is 397 g/mol. The molecule has 0 unspecified atom stereocenters. The normalized spacial score (nSPS) is 10.7. The van der Waals surface area contributed by atoms with Crippen molar-refractivity contribution < 1.29 is 14.3 Å². The maximum absolute atomic E-state index is 12.2. The largest absolute Gasteiger partial charge is 0.494 e. The number of benzene rings is 2.